The zero-order chi connectivity index (χ0) is 24.3. The standard InChI is InChI=1S/C24H22BrN7O3/c25-18-2-1-3-19(29-18)30-24(35)17-8-13-7-16(13)32(17)20(34)9-31-15-5-4-12(10-33)6-14(15)21-22(26)27-11-28-23(21)31/h1-6,11,13,16-17,33H,7-10H2,(H2,26,27,28)(H,29,30,35)/t13-,16-,17+/m1/s1. The minimum Gasteiger partial charge on any atom is -0.392 e. The number of aromatic nitrogens is 4. The number of hydrogen-bond donors (Lipinski definition) is 3. The van der Waals surface area contributed by atoms with E-state index >= 15 is 0 Å². The average molecular weight is 536 g/mol. The number of pyridine rings is 1. The fourth-order valence-electron chi connectivity index (χ4n) is 5.20. The van der Waals surface area contributed by atoms with E-state index in [-0.39, 0.29) is 31.0 Å². The van der Waals surface area contributed by atoms with Crippen LogP contribution >= 0.6 is 15.9 Å². The number of nitrogens with zero attached hydrogens (tertiary/aromatic N) is 5. The number of nitrogens with one attached hydrogen (secondary N) is 1. The molecule has 11 heteroatoms. The number of hydrogen-bond acceptors (Lipinski definition) is 7. The second kappa shape index (κ2) is 8.28. The lowest BCUT2D eigenvalue weighted by atomic mass is 10.1. The quantitative estimate of drug-likeness (QED) is 0.333. The number of amides is 2. The van der Waals surface area contributed by atoms with Gasteiger partial charge in [-0.15, -0.1) is 0 Å². The Morgan fingerprint density at radius 1 is 1.20 bits per heavy atom. The van der Waals surface area contributed by atoms with Gasteiger partial charge in [0.15, 0.2) is 0 Å². The number of likely N-dealkylation sites (tertiary alicyclic amines) is 1. The molecule has 0 bridgehead atoms. The molecule has 0 unspecified atom stereocenters. The van der Waals surface area contributed by atoms with Gasteiger partial charge in [0.1, 0.15) is 40.8 Å². The molecule has 3 aromatic heterocycles. The van der Waals surface area contributed by atoms with E-state index in [9.17, 15) is 14.7 Å². The summed E-state index contributed by atoms with van der Waals surface area (Å²) in [4.78, 5) is 41.3. The average Bonchev–Trinajstić information content (AvgIpc) is 3.39. The van der Waals surface area contributed by atoms with Gasteiger partial charge in [0.05, 0.1) is 17.5 Å². The summed E-state index contributed by atoms with van der Waals surface area (Å²) in [5, 5.41) is 13.9. The summed E-state index contributed by atoms with van der Waals surface area (Å²) >= 11 is 3.31. The van der Waals surface area contributed by atoms with Gasteiger partial charge in [-0.1, -0.05) is 12.1 Å². The Hall–Kier alpha value is -3.57. The van der Waals surface area contributed by atoms with E-state index in [2.05, 4.69) is 36.2 Å². The molecule has 1 saturated heterocycles. The molecule has 2 fully saturated rings. The lowest BCUT2D eigenvalue weighted by Gasteiger charge is -2.27. The van der Waals surface area contributed by atoms with Crippen molar-refractivity contribution in [3.63, 3.8) is 0 Å². The summed E-state index contributed by atoms with van der Waals surface area (Å²) in [6.07, 6.45) is 2.92. The van der Waals surface area contributed by atoms with Crippen LogP contribution in [0.25, 0.3) is 21.9 Å². The molecule has 4 N–H and O–H groups in total. The largest absolute Gasteiger partial charge is 0.392 e. The van der Waals surface area contributed by atoms with Crippen LogP contribution < -0.4 is 11.1 Å². The van der Waals surface area contributed by atoms with Gasteiger partial charge < -0.3 is 25.6 Å². The molecule has 2 aliphatic rings. The summed E-state index contributed by atoms with van der Waals surface area (Å²) < 4.78 is 2.43. The molecule has 4 aromatic rings. The predicted octanol–water partition coefficient (Wildman–Crippen LogP) is 2.44. The zero-order valence-corrected chi connectivity index (χ0v) is 20.1. The van der Waals surface area contributed by atoms with Crippen molar-refractivity contribution in [3.8, 4) is 0 Å². The number of carbonyl (C=O) groups excluding carboxylic acids is 2. The van der Waals surface area contributed by atoms with Gasteiger partial charge in [-0.25, -0.2) is 15.0 Å². The molecule has 1 aliphatic carbocycles. The maximum Gasteiger partial charge on any atom is 0.248 e. The molecule has 2 amide bonds. The van der Waals surface area contributed by atoms with Crippen LogP contribution in [-0.4, -0.2) is 53.4 Å². The second-order valence-electron chi connectivity index (χ2n) is 9.00. The number of piperidine rings is 1. The monoisotopic (exact) mass is 535 g/mol. The number of aliphatic hydroxyl groups is 1. The minimum atomic E-state index is -0.555. The smallest absolute Gasteiger partial charge is 0.248 e. The van der Waals surface area contributed by atoms with E-state index in [4.69, 9.17) is 5.73 Å². The van der Waals surface area contributed by atoms with Crippen molar-refractivity contribution in [1.82, 2.24) is 24.4 Å². The summed E-state index contributed by atoms with van der Waals surface area (Å²) in [7, 11) is 0. The van der Waals surface area contributed by atoms with Gasteiger partial charge in [0.25, 0.3) is 0 Å². The number of carbonyl (C=O) groups is 2. The summed E-state index contributed by atoms with van der Waals surface area (Å²) in [5.41, 5.74) is 8.21. The van der Waals surface area contributed by atoms with Crippen molar-refractivity contribution >= 4 is 61.3 Å². The summed E-state index contributed by atoms with van der Waals surface area (Å²) in [6, 6.07) is 10.3. The highest BCUT2D eigenvalue weighted by atomic mass is 79.9. The topological polar surface area (TPSA) is 139 Å². The van der Waals surface area contributed by atoms with Crippen LogP contribution in [0.3, 0.4) is 0 Å². The van der Waals surface area contributed by atoms with Gasteiger partial charge in [-0.2, -0.15) is 0 Å². The fraction of sp³-hybridized carbons (Fsp3) is 0.292. The van der Waals surface area contributed by atoms with Crippen molar-refractivity contribution < 1.29 is 14.7 Å². The maximum atomic E-state index is 13.7. The Balaban J connectivity index is 1.33. The van der Waals surface area contributed by atoms with Gasteiger partial charge in [0, 0.05) is 11.4 Å². The lowest BCUT2D eigenvalue weighted by molar-refractivity contribution is -0.138. The van der Waals surface area contributed by atoms with Gasteiger partial charge in [-0.3, -0.25) is 9.59 Å². The third-order valence-electron chi connectivity index (χ3n) is 6.87. The van der Waals surface area contributed by atoms with E-state index in [1.165, 1.54) is 6.33 Å². The van der Waals surface area contributed by atoms with Crippen LogP contribution in [0.1, 0.15) is 18.4 Å². The van der Waals surface area contributed by atoms with Crippen LogP contribution in [0.4, 0.5) is 11.6 Å². The zero-order valence-electron chi connectivity index (χ0n) is 18.6. The minimum absolute atomic E-state index is 0.0110. The van der Waals surface area contributed by atoms with Gasteiger partial charge in [-0.05, 0) is 64.5 Å². The highest BCUT2D eigenvalue weighted by Crippen LogP contribution is 2.48. The van der Waals surface area contributed by atoms with Crippen molar-refractivity contribution in [2.24, 2.45) is 5.92 Å². The number of rotatable bonds is 5. The first-order chi connectivity index (χ1) is 16.9. The third-order valence-corrected chi connectivity index (χ3v) is 7.31. The number of nitrogens with two attached hydrogens (primary N) is 1. The summed E-state index contributed by atoms with van der Waals surface area (Å²) in [6.45, 7) is -0.104. The van der Waals surface area contributed by atoms with Gasteiger partial charge in [0.2, 0.25) is 11.8 Å². The van der Waals surface area contributed by atoms with Crippen LogP contribution in [0, 0.1) is 5.92 Å². The number of benzene rings is 1. The Kier molecular flexibility index (Phi) is 5.19. The number of nitrogen functional groups attached to an aromatic ring is 1. The normalized spacial score (nSPS) is 20.9. The first-order valence-electron chi connectivity index (χ1n) is 11.3. The molecule has 0 radical (unpaired) electrons. The molecule has 6 rings (SSSR count). The molecule has 3 atom stereocenters. The van der Waals surface area contributed by atoms with E-state index in [1.807, 2.05) is 16.7 Å². The van der Waals surface area contributed by atoms with Crippen molar-refractivity contribution in [2.75, 3.05) is 11.1 Å². The Morgan fingerprint density at radius 3 is 2.86 bits per heavy atom. The van der Waals surface area contributed by atoms with Crippen molar-refractivity contribution in [1.29, 1.82) is 0 Å². The Morgan fingerprint density at radius 2 is 2.06 bits per heavy atom. The number of anilines is 2. The first kappa shape index (κ1) is 21.9. The van der Waals surface area contributed by atoms with Crippen LogP contribution in [0.15, 0.2) is 47.3 Å². The number of fused-ring (bicyclic) bond motifs is 4. The van der Waals surface area contributed by atoms with E-state index in [0.29, 0.717) is 39.6 Å². The molecule has 35 heavy (non-hydrogen) atoms. The number of halogens is 1. The van der Waals surface area contributed by atoms with E-state index in [0.717, 1.165) is 22.9 Å². The molecule has 178 valence electrons. The number of aliphatic hydroxyl groups excluding tert-OH is 1. The molecule has 10 nitrogen and oxygen atoms in total. The molecular formula is C24H22BrN7O3. The molecule has 4 heterocycles. The second-order valence-corrected chi connectivity index (χ2v) is 9.82. The van der Waals surface area contributed by atoms with E-state index < -0.39 is 6.04 Å². The van der Waals surface area contributed by atoms with Crippen molar-refractivity contribution in [3.05, 3.63) is 52.9 Å². The third kappa shape index (κ3) is 3.71. The SMILES string of the molecule is Nc1ncnc2c1c1cc(CO)ccc1n2CC(=O)N1[C@@H]2C[C@@H]2C[C@H]1C(=O)Nc1cccc(Br)n1. The lowest BCUT2D eigenvalue weighted by Crippen LogP contribution is -2.46. The van der Waals surface area contributed by atoms with Crippen LogP contribution in [0.2, 0.25) is 0 Å². The maximum absolute atomic E-state index is 13.7. The predicted molar refractivity (Wildman–Crippen MR) is 133 cm³/mol. The van der Waals surface area contributed by atoms with Crippen LogP contribution in [0.5, 0.6) is 0 Å². The summed E-state index contributed by atoms with van der Waals surface area (Å²) in [5.74, 6) is 0.695. The fourth-order valence-corrected chi connectivity index (χ4v) is 5.54. The first-order valence-corrected chi connectivity index (χ1v) is 12.1. The van der Waals surface area contributed by atoms with E-state index in [1.54, 1.807) is 29.2 Å². The molecule has 1 aliphatic heterocycles. The van der Waals surface area contributed by atoms with Crippen molar-refractivity contribution in [2.45, 2.75) is 38.1 Å². The van der Waals surface area contributed by atoms with Crippen LogP contribution in [-0.2, 0) is 22.7 Å². The molecule has 1 aromatic carbocycles. The highest BCUT2D eigenvalue weighted by molar-refractivity contribution is 9.10. The Bertz CT molecular complexity index is 1500. The molecule has 1 saturated carbocycles. The highest BCUT2D eigenvalue weighted by Gasteiger charge is 2.56. The Labute approximate surface area is 208 Å². The molecule has 0 spiro atoms. The molecular weight excluding hydrogens is 514 g/mol. The van der Waals surface area contributed by atoms with Gasteiger partial charge >= 0.3 is 0 Å².